The van der Waals surface area contributed by atoms with Crippen molar-refractivity contribution in [1.82, 2.24) is 0 Å². The van der Waals surface area contributed by atoms with Gasteiger partial charge in [-0.2, -0.15) is 0 Å². The number of hydrogen-bond acceptors (Lipinski definition) is 1. The van der Waals surface area contributed by atoms with Gasteiger partial charge in [0.05, 0.1) is 0 Å². The van der Waals surface area contributed by atoms with Crippen LogP contribution in [0, 0.1) is 0 Å². The summed E-state index contributed by atoms with van der Waals surface area (Å²) < 4.78 is 2.97. The summed E-state index contributed by atoms with van der Waals surface area (Å²) in [5.74, 6) is 0. The maximum atomic E-state index is 2.50. The molecule has 0 spiro atoms. The van der Waals surface area contributed by atoms with Crippen molar-refractivity contribution in [3.05, 3.63) is 175 Å². The fourth-order valence-corrected chi connectivity index (χ4v) is 10.9. The van der Waals surface area contributed by atoms with Gasteiger partial charge >= 0.3 is 288 Å². The third-order valence-electron chi connectivity index (χ3n) is 10.6. The summed E-state index contributed by atoms with van der Waals surface area (Å²) in [7, 11) is 0. The van der Waals surface area contributed by atoms with Gasteiger partial charge in [0.25, 0.3) is 0 Å². The van der Waals surface area contributed by atoms with E-state index in [4.69, 9.17) is 0 Å². The first-order valence-corrected chi connectivity index (χ1v) is 18.7. The van der Waals surface area contributed by atoms with Crippen molar-refractivity contribution in [2.24, 2.45) is 0 Å². The molecule has 1 aliphatic rings. The van der Waals surface area contributed by atoms with E-state index >= 15 is 0 Å². The van der Waals surface area contributed by atoms with E-state index < -0.39 is 0 Å². The standard InChI is InChI=1S/C47H33NSe/c1-47(2)41-18-10-8-16-36(41)40-29-34(24-27-42(40)47)48(33-22-20-31(21-23-33)30-12-4-3-5-13-30)43-28-32-14-6-7-15-35(32)45-39(43)26-25-38-37-17-9-11-19-44(37)49-46(38)45/h3-29H,1-2H3. The second-order valence-electron chi connectivity index (χ2n) is 13.7. The Morgan fingerprint density at radius 3 is 1.98 bits per heavy atom. The summed E-state index contributed by atoms with van der Waals surface area (Å²) >= 11 is 0.234. The molecule has 8 aromatic carbocycles. The predicted molar refractivity (Wildman–Crippen MR) is 211 cm³/mol. The molecule has 49 heavy (non-hydrogen) atoms. The molecule has 0 fully saturated rings. The summed E-state index contributed by atoms with van der Waals surface area (Å²) in [6.07, 6.45) is 0. The van der Waals surface area contributed by atoms with E-state index in [1.54, 1.807) is 0 Å². The van der Waals surface area contributed by atoms with E-state index in [0.29, 0.717) is 0 Å². The molecule has 1 aliphatic carbocycles. The first-order valence-electron chi connectivity index (χ1n) is 17.0. The Bertz CT molecular complexity index is 2730. The van der Waals surface area contributed by atoms with Crippen molar-refractivity contribution in [1.29, 1.82) is 0 Å². The van der Waals surface area contributed by atoms with Crippen LogP contribution in [0.15, 0.2) is 164 Å². The van der Waals surface area contributed by atoms with Crippen LogP contribution in [0.3, 0.4) is 0 Å². The number of hydrogen-bond donors (Lipinski definition) is 0. The van der Waals surface area contributed by atoms with Crippen molar-refractivity contribution in [3.63, 3.8) is 0 Å². The van der Waals surface area contributed by atoms with Crippen LogP contribution in [0.4, 0.5) is 17.1 Å². The summed E-state index contributed by atoms with van der Waals surface area (Å²) in [6, 6.07) is 61.0. The van der Waals surface area contributed by atoms with Crippen LogP contribution < -0.4 is 4.90 Å². The topological polar surface area (TPSA) is 3.24 Å². The van der Waals surface area contributed by atoms with Gasteiger partial charge in [0.15, 0.2) is 0 Å². The molecule has 0 N–H and O–H groups in total. The number of nitrogens with zero attached hydrogens (tertiary/aromatic N) is 1. The molecule has 0 saturated carbocycles. The second-order valence-corrected chi connectivity index (χ2v) is 15.9. The van der Waals surface area contributed by atoms with Gasteiger partial charge in [-0.25, -0.2) is 0 Å². The summed E-state index contributed by atoms with van der Waals surface area (Å²) in [6.45, 7) is 4.71. The fourth-order valence-electron chi connectivity index (χ4n) is 8.24. The molecule has 1 heterocycles. The molecule has 0 amide bonds. The monoisotopic (exact) mass is 691 g/mol. The zero-order chi connectivity index (χ0) is 32.7. The molecule has 0 aliphatic heterocycles. The Morgan fingerprint density at radius 1 is 0.469 bits per heavy atom. The Hall–Kier alpha value is -5.40. The van der Waals surface area contributed by atoms with Gasteiger partial charge in [0.1, 0.15) is 0 Å². The molecule has 0 atom stereocenters. The second kappa shape index (κ2) is 10.8. The number of rotatable bonds is 4. The van der Waals surface area contributed by atoms with Gasteiger partial charge in [-0.3, -0.25) is 0 Å². The number of benzene rings is 8. The molecule has 0 saturated heterocycles. The van der Waals surface area contributed by atoms with Gasteiger partial charge < -0.3 is 0 Å². The van der Waals surface area contributed by atoms with Crippen LogP contribution in [-0.2, 0) is 5.41 Å². The molecule has 232 valence electrons. The molecule has 1 nitrogen and oxygen atoms in total. The van der Waals surface area contributed by atoms with Crippen molar-refractivity contribution < 1.29 is 0 Å². The van der Waals surface area contributed by atoms with Crippen LogP contribution in [0.2, 0.25) is 0 Å². The molecule has 0 radical (unpaired) electrons. The zero-order valence-corrected chi connectivity index (χ0v) is 29.2. The van der Waals surface area contributed by atoms with Gasteiger partial charge in [-0.05, 0) is 0 Å². The van der Waals surface area contributed by atoms with E-state index in [-0.39, 0.29) is 19.9 Å². The average Bonchev–Trinajstić information content (AvgIpc) is 3.64. The van der Waals surface area contributed by atoms with Crippen molar-refractivity contribution >= 4 is 72.4 Å². The van der Waals surface area contributed by atoms with Crippen LogP contribution in [0.1, 0.15) is 25.0 Å². The molecule has 0 bridgehead atoms. The van der Waals surface area contributed by atoms with Crippen LogP contribution in [0.5, 0.6) is 0 Å². The first-order chi connectivity index (χ1) is 24.1. The van der Waals surface area contributed by atoms with Crippen molar-refractivity contribution in [2.75, 3.05) is 4.90 Å². The SMILES string of the molecule is CC1(C)c2ccccc2-c2cc(N(c3ccc(-c4ccccc4)cc3)c3cc4ccccc4c4c3ccc3c5ccccc5[se]c34)ccc21. The normalized spacial score (nSPS) is 13.3. The Kier molecular flexibility index (Phi) is 6.31. The minimum absolute atomic E-state index is 0.0418. The van der Waals surface area contributed by atoms with Crippen molar-refractivity contribution in [3.8, 4) is 22.3 Å². The Labute approximate surface area is 292 Å². The third-order valence-corrected chi connectivity index (χ3v) is 13.2. The summed E-state index contributed by atoms with van der Waals surface area (Å²) in [4.78, 5) is 2.50. The van der Waals surface area contributed by atoms with Gasteiger partial charge in [0.2, 0.25) is 0 Å². The molecule has 9 aromatic rings. The molecule has 1 aromatic heterocycles. The first kappa shape index (κ1) is 28.6. The van der Waals surface area contributed by atoms with Crippen molar-refractivity contribution in [2.45, 2.75) is 19.3 Å². The molecule has 2 heteroatoms. The Balaban J connectivity index is 1.27. The molecule has 0 unspecified atom stereocenters. The van der Waals surface area contributed by atoms with E-state index in [2.05, 4.69) is 183 Å². The van der Waals surface area contributed by atoms with Gasteiger partial charge in [-0.1, -0.05) is 6.07 Å². The number of anilines is 3. The van der Waals surface area contributed by atoms with Crippen LogP contribution >= 0.6 is 0 Å². The fraction of sp³-hybridized carbons (Fsp3) is 0.0638. The van der Waals surface area contributed by atoms with Gasteiger partial charge in [-0.15, -0.1) is 0 Å². The predicted octanol–water partition coefficient (Wildman–Crippen LogP) is 12.8. The van der Waals surface area contributed by atoms with E-state index in [1.807, 2.05) is 0 Å². The maximum absolute atomic E-state index is 2.50. The van der Waals surface area contributed by atoms with Crippen LogP contribution in [-0.4, -0.2) is 14.5 Å². The zero-order valence-electron chi connectivity index (χ0n) is 27.4. The van der Waals surface area contributed by atoms with Crippen LogP contribution in [0.25, 0.3) is 63.1 Å². The molecule has 10 rings (SSSR count). The third kappa shape index (κ3) is 4.31. The Morgan fingerprint density at radius 2 is 1.12 bits per heavy atom. The van der Waals surface area contributed by atoms with Gasteiger partial charge in [0, 0.05) is 0 Å². The van der Waals surface area contributed by atoms with E-state index in [9.17, 15) is 0 Å². The molecular formula is C47H33NSe. The molecular weight excluding hydrogens is 657 g/mol. The summed E-state index contributed by atoms with van der Waals surface area (Å²) in [5, 5.41) is 8.06. The number of fused-ring (bicyclic) bond motifs is 10. The summed E-state index contributed by atoms with van der Waals surface area (Å²) in [5.41, 5.74) is 11.4. The minimum atomic E-state index is -0.0418. The quantitative estimate of drug-likeness (QED) is 0.131. The van der Waals surface area contributed by atoms with E-state index in [1.165, 1.54) is 85.6 Å². The average molecular weight is 691 g/mol. The van der Waals surface area contributed by atoms with E-state index in [0.717, 1.165) is 5.69 Å².